The molecule has 2 aromatic heterocycles. The number of aryl methyl sites for hydroxylation is 1. The summed E-state index contributed by atoms with van der Waals surface area (Å²) in [6.45, 7) is 2.09. The van der Waals surface area contributed by atoms with Crippen molar-refractivity contribution in [1.82, 2.24) is 9.38 Å². The summed E-state index contributed by atoms with van der Waals surface area (Å²) in [6, 6.07) is 14.5. The number of aromatic nitrogens is 2. The second kappa shape index (κ2) is 4.87. The van der Waals surface area contributed by atoms with Gasteiger partial charge in [0.05, 0.1) is 5.69 Å². The van der Waals surface area contributed by atoms with Gasteiger partial charge in [-0.25, -0.2) is 4.98 Å². The number of hydrogen-bond acceptors (Lipinski definition) is 1. The van der Waals surface area contributed by atoms with E-state index in [1.54, 1.807) is 0 Å². The van der Waals surface area contributed by atoms with E-state index in [0.29, 0.717) is 0 Å². The number of fused-ring (bicyclic) bond motifs is 1. The molecular weight excluding hydrogens is 323 g/mol. The van der Waals surface area contributed by atoms with E-state index in [9.17, 15) is 0 Å². The summed E-state index contributed by atoms with van der Waals surface area (Å²) >= 11 is 0. The van der Waals surface area contributed by atoms with Gasteiger partial charge < -0.3 is 28.4 Å². The minimum Gasteiger partial charge on any atom is -1.00 e. The fraction of sp³-hybridized carbons (Fsp3) is 0.0714. The van der Waals surface area contributed by atoms with Crippen molar-refractivity contribution >= 4 is 5.65 Å². The molecule has 0 saturated carbocycles. The standard InChI is InChI=1S/C14H12N2.HI/c1-11-5-7-12(8-6-11)13-10-16-9-3-2-4-14(16)15-13;/h2-10H,1H3;1H/p-1. The molecule has 0 amide bonds. The summed E-state index contributed by atoms with van der Waals surface area (Å²) in [5.74, 6) is 0. The molecule has 0 fully saturated rings. The van der Waals surface area contributed by atoms with Crippen molar-refractivity contribution in [3.63, 3.8) is 0 Å². The number of imidazole rings is 1. The molecule has 0 aliphatic rings. The molecule has 0 atom stereocenters. The predicted octanol–water partition coefficient (Wildman–Crippen LogP) is 0.314. The Morgan fingerprint density at radius 1 is 1.00 bits per heavy atom. The van der Waals surface area contributed by atoms with Gasteiger partial charge in [0.2, 0.25) is 0 Å². The van der Waals surface area contributed by atoms with Crippen LogP contribution in [0.2, 0.25) is 0 Å². The number of nitrogens with zero attached hydrogens (tertiary/aromatic N) is 2. The van der Waals surface area contributed by atoms with E-state index in [1.807, 2.05) is 28.8 Å². The van der Waals surface area contributed by atoms with Gasteiger partial charge in [0, 0.05) is 18.0 Å². The Kier molecular flexibility index (Phi) is 3.47. The molecule has 3 heteroatoms. The number of pyridine rings is 1. The fourth-order valence-electron chi connectivity index (χ4n) is 1.80. The minimum absolute atomic E-state index is 0. The zero-order valence-corrected chi connectivity index (χ0v) is 11.6. The number of benzene rings is 1. The summed E-state index contributed by atoms with van der Waals surface area (Å²) in [6.07, 6.45) is 4.07. The Bertz CT molecular complexity index is 593. The van der Waals surface area contributed by atoms with Crippen LogP contribution in [-0.2, 0) is 0 Å². The van der Waals surface area contributed by atoms with Crippen LogP contribution in [0.25, 0.3) is 16.9 Å². The van der Waals surface area contributed by atoms with E-state index < -0.39 is 0 Å². The largest absolute Gasteiger partial charge is 1.00 e. The molecular formula is C14H12IN2-. The van der Waals surface area contributed by atoms with Gasteiger partial charge in [-0.3, -0.25) is 0 Å². The second-order valence-corrected chi connectivity index (χ2v) is 3.96. The summed E-state index contributed by atoms with van der Waals surface area (Å²) in [4.78, 5) is 4.58. The van der Waals surface area contributed by atoms with Gasteiger partial charge in [0.15, 0.2) is 0 Å². The second-order valence-electron chi connectivity index (χ2n) is 3.96. The van der Waals surface area contributed by atoms with E-state index in [4.69, 9.17) is 0 Å². The molecule has 0 aliphatic heterocycles. The Labute approximate surface area is 117 Å². The molecule has 0 aliphatic carbocycles. The molecule has 17 heavy (non-hydrogen) atoms. The van der Waals surface area contributed by atoms with E-state index in [0.717, 1.165) is 16.9 Å². The van der Waals surface area contributed by atoms with Crippen LogP contribution in [0.4, 0.5) is 0 Å². The maximum atomic E-state index is 4.58. The Balaban J connectivity index is 0.00000108. The van der Waals surface area contributed by atoms with Crippen molar-refractivity contribution in [3.8, 4) is 11.3 Å². The molecule has 0 radical (unpaired) electrons. The van der Waals surface area contributed by atoms with Gasteiger partial charge in [-0.15, -0.1) is 0 Å². The maximum absolute atomic E-state index is 4.58. The molecule has 0 saturated heterocycles. The molecule has 0 bridgehead atoms. The Morgan fingerprint density at radius 2 is 1.76 bits per heavy atom. The number of rotatable bonds is 1. The lowest BCUT2D eigenvalue weighted by molar-refractivity contribution is -0.00000332. The lowest BCUT2D eigenvalue weighted by Gasteiger charge is -1.96. The Hall–Kier alpha value is -1.36. The number of halogens is 1. The molecule has 0 N–H and O–H groups in total. The first-order valence-electron chi connectivity index (χ1n) is 5.34. The van der Waals surface area contributed by atoms with Gasteiger partial charge in [-0.2, -0.15) is 0 Å². The molecule has 3 aromatic rings. The average molecular weight is 335 g/mol. The summed E-state index contributed by atoms with van der Waals surface area (Å²) in [5.41, 5.74) is 4.44. The van der Waals surface area contributed by atoms with E-state index in [-0.39, 0.29) is 24.0 Å². The lowest BCUT2D eigenvalue weighted by Crippen LogP contribution is -3.00. The first-order valence-corrected chi connectivity index (χ1v) is 5.34. The van der Waals surface area contributed by atoms with Crippen LogP contribution in [0.1, 0.15) is 5.56 Å². The van der Waals surface area contributed by atoms with Crippen LogP contribution in [-0.4, -0.2) is 9.38 Å². The van der Waals surface area contributed by atoms with Crippen LogP contribution in [0.5, 0.6) is 0 Å². The van der Waals surface area contributed by atoms with Gasteiger partial charge in [-0.1, -0.05) is 35.9 Å². The van der Waals surface area contributed by atoms with Gasteiger partial charge in [-0.05, 0) is 19.1 Å². The van der Waals surface area contributed by atoms with Crippen LogP contribution >= 0.6 is 0 Å². The molecule has 1 aromatic carbocycles. The first kappa shape index (κ1) is 12.1. The third-order valence-corrected chi connectivity index (χ3v) is 2.71. The third-order valence-electron chi connectivity index (χ3n) is 2.71. The molecule has 0 spiro atoms. The normalized spacial score (nSPS) is 10.2. The van der Waals surface area contributed by atoms with Crippen molar-refractivity contribution in [3.05, 3.63) is 60.4 Å². The van der Waals surface area contributed by atoms with Crippen LogP contribution in [0.15, 0.2) is 54.9 Å². The van der Waals surface area contributed by atoms with Crippen molar-refractivity contribution in [2.45, 2.75) is 6.92 Å². The minimum atomic E-state index is 0. The summed E-state index contributed by atoms with van der Waals surface area (Å²) < 4.78 is 2.04. The molecule has 0 unspecified atom stereocenters. The highest BCUT2D eigenvalue weighted by Gasteiger charge is 2.02. The molecule has 86 valence electrons. The van der Waals surface area contributed by atoms with Crippen molar-refractivity contribution in [2.24, 2.45) is 0 Å². The van der Waals surface area contributed by atoms with Crippen molar-refractivity contribution in [1.29, 1.82) is 0 Å². The van der Waals surface area contributed by atoms with Crippen LogP contribution in [0, 0.1) is 6.92 Å². The molecule has 2 heterocycles. The average Bonchev–Trinajstić information content (AvgIpc) is 2.73. The zero-order valence-electron chi connectivity index (χ0n) is 9.47. The van der Waals surface area contributed by atoms with Crippen molar-refractivity contribution in [2.75, 3.05) is 0 Å². The van der Waals surface area contributed by atoms with E-state index in [2.05, 4.69) is 42.4 Å². The fourth-order valence-corrected chi connectivity index (χ4v) is 1.80. The highest BCUT2D eigenvalue weighted by atomic mass is 127. The molecule has 2 nitrogen and oxygen atoms in total. The maximum Gasteiger partial charge on any atom is 0.137 e. The van der Waals surface area contributed by atoms with Gasteiger partial charge >= 0.3 is 0 Å². The van der Waals surface area contributed by atoms with Gasteiger partial charge in [0.1, 0.15) is 5.65 Å². The highest BCUT2D eigenvalue weighted by molar-refractivity contribution is 5.62. The monoisotopic (exact) mass is 335 g/mol. The van der Waals surface area contributed by atoms with E-state index in [1.165, 1.54) is 5.56 Å². The molecule has 3 rings (SSSR count). The van der Waals surface area contributed by atoms with Gasteiger partial charge in [0.25, 0.3) is 0 Å². The highest BCUT2D eigenvalue weighted by Crippen LogP contribution is 2.19. The predicted molar refractivity (Wildman–Crippen MR) is 65.4 cm³/mol. The summed E-state index contributed by atoms with van der Waals surface area (Å²) in [7, 11) is 0. The Morgan fingerprint density at radius 3 is 2.47 bits per heavy atom. The van der Waals surface area contributed by atoms with Crippen LogP contribution in [0.3, 0.4) is 0 Å². The summed E-state index contributed by atoms with van der Waals surface area (Å²) in [5, 5.41) is 0. The smallest absolute Gasteiger partial charge is 0.137 e. The quantitative estimate of drug-likeness (QED) is 0.586. The first-order chi connectivity index (χ1) is 7.83. The third kappa shape index (κ3) is 2.34. The lowest BCUT2D eigenvalue weighted by atomic mass is 10.1. The number of hydrogen-bond donors (Lipinski definition) is 0. The SMILES string of the molecule is Cc1ccc(-c2cn3ccccc3n2)cc1.[I-]. The zero-order chi connectivity index (χ0) is 11.0. The van der Waals surface area contributed by atoms with Crippen molar-refractivity contribution < 1.29 is 24.0 Å². The van der Waals surface area contributed by atoms with Crippen LogP contribution < -0.4 is 24.0 Å². The topological polar surface area (TPSA) is 17.3 Å². The van der Waals surface area contributed by atoms with E-state index >= 15 is 0 Å².